The van der Waals surface area contributed by atoms with Crippen LogP contribution < -0.4 is 5.32 Å². The first-order valence-electron chi connectivity index (χ1n) is 6.54. The summed E-state index contributed by atoms with van der Waals surface area (Å²) in [5, 5.41) is 5.53. The monoisotopic (exact) mass is 284 g/mol. The van der Waals surface area contributed by atoms with E-state index >= 15 is 0 Å². The number of nitrogens with one attached hydrogen (secondary N) is 1. The van der Waals surface area contributed by atoms with Crippen molar-refractivity contribution in [2.45, 2.75) is 13.1 Å². The molecule has 20 heavy (non-hydrogen) atoms. The van der Waals surface area contributed by atoms with E-state index in [1.54, 1.807) is 17.4 Å². The first-order valence-corrected chi connectivity index (χ1v) is 7.41. The van der Waals surface area contributed by atoms with Gasteiger partial charge in [0.1, 0.15) is 6.17 Å². The van der Waals surface area contributed by atoms with E-state index in [0.717, 1.165) is 11.3 Å². The Balaban J connectivity index is 2.08. The van der Waals surface area contributed by atoms with Crippen LogP contribution in [0.5, 0.6) is 0 Å². The van der Waals surface area contributed by atoms with Gasteiger partial charge in [-0.25, -0.2) is 0 Å². The Kier molecular flexibility index (Phi) is 3.32. The summed E-state index contributed by atoms with van der Waals surface area (Å²) < 4.78 is 0. The number of fused-ring (bicyclic) bond motifs is 1. The van der Waals surface area contributed by atoms with Crippen LogP contribution in [0.4, 0.5) is 5.69 Å². The van der Waals surface area contributed by atoms with Crippen LogP contribution >= 0.6 is 11.3 Å². The largest absolute Gasteiger partial charge is 0.360 e. The highest BCUT2D eigenvalue weighted by atomic mass is 32.1. The standard InChI is InChI=1S/C16H16N2OS/c1-3-9-18-15(14-11(2)8-10-20-14)17-13-7-5-4-6-12(13)16(18)19/h3-8,10,15,17H,1,9H2,2H3/t15-/m0/s1. The topological polar surface area (TPSA) is 32.3 Å². The maximum atomic E-state index is 12.7. The van der Waals surface area contributed by atoms with Crippen molar-refractivity contribution in [3.63, 3.8) is 0 Å². The highest BCUT2D eigenvalue weighted by Gasteiger charge is 2.33. The molecule has 1 amide bonds. The molecule has 3 nitrogen and oxygen atoms in total. The molecule has 3 rings (SSSR count). The molecule has 1 aliphatic heterocycles. The number of benzene rings is 1. The predicted octanol–water partition coefficient (Wildman–Crippen LogP) is 3.81. The van der Waals surface area contributed by atoms with Crippen molar-refractivity contribution in [2.24, 2.45) is 0 Å². The first kappa shape index (κ1) is 12.9. The molecule has 1 aliphatic rings. The van der Waals surface area contributed by atoms with Crippen molar-refractivity contribution < 1.29 is 4.79 Å². The number of amides is 1. The fraction of sp³-hybridized carbons (Fsp3) is 0.188. The molecule has 2 aromatic rings. The Morgan fingerprint density at radius 1 is 1.40 bits per heavy atom. The molecule has 0 saturated heterocycles. The van der Waals surface area contributed by atoms with E-state index in [1.165, 1.54) is 10.4 Å². The molecular weight excluding hydrogens is 268 g/mol. The highest BCUT2D eigenvalue weighted by molar-refractivity contribution is 7.10. The van der Waals surface area contributed by atoms with Crippen LogP contribution in [-0.4, -0.2) is 17.4 Å². The number of thiophene rings is 1. The van der Waals surface area contributed by atoms with Gasteiger partial charge in [-0.15, -0.1) is 17.9 Å². The molecule has 0 radical (unpaired) electrons. The van der Waals surface area contributed by atoms with Crippen LogP contribution in [0.1, 0.15) is 27.0 Å². The summed E-state index contributed by atoms with van der Waals surface area (Å²) in [7, 11) is 0. The number of hydrogen-bond acceptors (Lipinski definition) is 3. The zero-order chi connectivity index (χ0) is 14.1. The van der Waals surface area contributed by atoms with Crippen LogP contribution in [0.25, 0.3) is 0 Å². The Morgan fingerprint density at radius 2 is 2.20 bits per heavy atom. The minimum Gasteiger partial charge on any atom is -0.360 e. The molecule has 0 bridgehead atoms. The van der Waals surface area contributed by atoms with Crippen molar-refractivity contribution in [1.29, 1.82) is 0 Å². The van der Waals surface area contributed by atoms with Gasteiger partial charge in [0.15, 0.2) is 0 Å². The Hall–Kier alpha value is -2.07. The second-order valence-electron chi connectivity index (χ2n) is 4.81. The molecule has 1 N–H and O–H groups in total. The van der Waals surface area contributed by atoms with Crippen LogP contribution in [-0.2, 0) is 0 Å². The zero-order valence-electron chi connectivity index (χ0n) is 11.3. The van der Waals surface area contributed by atoms with E-state index in [0.29, 0.717) is 6.54 Å². The summed E-state index contributed by atoms with van der Waals surface area (Å²) in [6.07, 6.45) is 1.65. The summed E-state index contributed by atoms with van der Waals surface area (Å²) in [6.45, 7) is 6.37. The van der Waals surface area contributed by atoms with E-state index < -0.39 is 0 Å². The van der Waals surface area contributed by atoms with Gasteiger partial charge in [-0.2, -0.15) is 0 Å². The Labute approximate surface area is 122 Å². The second-order valence-corrected chi connectivity index (χ2v) is 5.75. The van der Waals surface area contributed by atoms with Crippen LogP contribution in [0, 0.1) is 6.92 Å². The van der Waals surface area contributed by atoms with Crippen LogP contribution in [0.2, 0.25) is 0 Å². The summed E-state index contributed by atoms with van der Waals surface area (Å²) in [6, 6.07) is 9.73. The van der Waals surface area contributed by atoms with Gasteiger partial charge in [0.25, 0.3) is 5.91 Å². The lowest BCUT2D eigenvalue weighted by Crippen LogP contribution is -2.42. The third-order valence-electron chi connectivity index (χ3n) is 3.50. The maximum absolute atomic E-state index is 12.7. The number of hydrogen-bond donors (Lipinski definition) is 1. The number of aryl methyl sites for hydroxylation is 1. The molecule has 0 aliphatic carbocycles. The van der Waals surface area contributed by atoms with Gasteiger partial charge in [0, 0.05) is 12.2 Å². The third-order valence-corrected chi connectivity index (χ3v) is 4.57. The summed E-state index contributed by atoms with van der Waals surface area (Å²) >= 11 is 1.67. The molecule has 0 fully saturated rings. The lowest BCUT2D eigenvalue weighted by molar-refractivity contribution is 0.0710. The van der Waals surface area contributed by atoms with E-state index in [4.69, 9.17) is 0 Å². The Bertz CT molecular complexity index is 662. The smallest absolute Gasteiger partial charge is 0.258 e. The SMILES string of the molecule is C=CCN1C(=O)c2ccccc2N[C@@H]1c1sccc1C. The fourth-order valence-electron chi connectivity index (χ4n) is 2.49. The van der Waals surface area contributed by atoms with Gasteiger partial charge >= 0.3 is 0 Å². The number of anilines is 1. The lowest BCUT2D eigenvalue weighted by atomic mass is 10.1. The number of para-hydroxylation sites is 1. The van der Waals surface area contributed by atoms with Crippen molar-refractivity contribution in [2.75, 3.05) is 11.9 Å². The maximum Gasteiger partial charge on any atom is 0.258 e. The van der Waals surface area contributed by atoms with Gasteiger partial charge in [0.2, 0.25) is 0 Å². The zero-order valence-corrected chi connectivity index (χ0v) is 12.1. The van der Waals surface area contributed by atoms with Gasteiger partial charge in [-0.05, 0) is 36.1 Å². The summed E-state index contributed by atoms with van der Waals surface area (Å²) in [5.41, 5.74) is 2.82. The molecule has 0 saturated carbocycles. The number of carbonyl (C=O) groups excluding carboxylic acids is 1. The van der Waals surface area contributed by atoms with Gasteiger partial charge in [-0.1, -0.05) is 18.2 Å². The van der Waals surface area contributed by atoms with Crippen molar-refractivity contribution in [1.82, 2.24) is 4.90 Å². The van der Waals surface area contributed by atoms with Gasteiger partial charge in [-0.3, -0.25) is 4.79 Å². The van der Waals surface area contributed by atoms with E-state index in [1.807, 2.05) is 29.2 Å². The second kappa shape index (κ2) is 5.13. The fourth-order valence-corrected chi connectivity index (χ4v) is 3.48. The summed E-state index contributed by atoms with van der Waals surface area (Å²) in [4.78, 5) is 15.7. The van der Waals surface area contributed by atoms with E-state index in [2.05, 4.69) is 30.3 Å². The molecule has 0 unspecified atom stereocenters. The minimum atomic E-state index is -0.115. The van der Waals surface area contributed by atoms with Crippen LogP contribution in [0.15, 0.2) is 48.4 Å². The third kappa shape index (κ3) is 2.02. The van der Waals surface area contributed by atoms with E-state index in [9.17, 15) is 4.79 Å². The summed E-state index contributed by atoms with van der Waals surface area (Å²) in [5.74, 6) is 0.0528. The quantitative estimate of drug-likeness (QED) is 0.869. The Morgan fingerprint density at radius 3 is 2.90 bits per heavy atom. The molecule has 1 atom stereocenters. The molecule has 102 valence electrons. The molecule has 1 aromatic carbocycles. The normalized spacial score (nSPS) is 17.6. The van der Waals surface area contributed by atoms with Crippen molar-refractivity contribution in [3.8, 4) is 0 Å². The van der Waals surface area contributed by atoms with Gasteiger partial charge in [0.05, 0.1) is 10.4 Å². The van der Waals surface area contributed by atoms with Crippen molar-refractivity contribution >= 4 is 22.9 Å². The molecule has 1 aromatic heterocycles. The van der Waals surface area contributed by atoms with Crippen molar-refractivity contribution in [3.05, 3.63) is 64.4 Å². The first-order chi connectivity index (χ1) is 9.72. The number of nitrogens with zero attached hydrogens (tertiary/aromatic N) is 1. The van der Waals surface area contributed by atoms with Crippen LogP contribution in [0.3, 0.4) is 0 Å². The van der Waals surface area contributed by atoms with E-state index in [-0.39, 0.29) is 12.1 Å². The average Bonchev–Trinajstić information content (AvgIpc) is 2.88. The molecular formula is C16H16N2OS. The lowest BCUT2D eigenvalue weighted by Gasteiger charge is -2.37. The molecule has 2 heterocycles. The van der Waals surface area contributed by atoms with Gasteiger partial charge < -0.3 is 10.2 Å². The predicted molar refractivity (Wildman–Crippen MR) is 83.1 cm³/mol. The number of rotatable bonds is 3. The molecule has 0 spiro atoms. The highest BCUT2D eigenvalue weighted by Crippen LogP contribution is 2.36. The minimum absolute atomic E-state index is 0.0528. The molecule has 4 heteroatoms. The number of carbonyl (C=O) groups is 1. The average molecular weight is 284 g/mol.